The highest BCUT2D eigenvalue weighted by Crippen LogP contribution is 2.07. The van der Waals surface area contributed by atoms with Crippen LogP contribution >= 0.6 is 0 Å². The molecule has 1 unspecified atom stereocenters. The molecule has 3 nitrogen and oxygen atoms in total. The van der Waals surface area contributed by atoms with E-state index < -0.39 is 0 Å². The van der Waals surface area contributed by atoms with Crippen LogP contribution in [0, 0.1) is 5.92 Å². The minimum absolute atomic E-state index is 0.326. The summed E-state index contributed by atoms with van der Waals surface area (Å²) in [5.74, 6) is 0.618. The highest BCUT2D eigenvalue weighted by atomic mass is 16.5. The lowest BCUT2D eigenvalue weighted by molar-refractivity contribution is 0.0463. The molecule has 86 valence electrons. The van der Waals surface area contributed by atoms with Crippen molar-refractivity contribution in [2.45, 2.75) is 53.4 Å². The fourth-order valence-corrected chi connectivity index (χ4v) is 1.34. The Labute approximate surface area is 92.4 Å². The van der Waals surface area contributed by atoms with E-state index in [4.69, 9.17) is 4.74 Å². The molecular weight excluding hydrogens is 188 g/mol. The van der Waals surface area contributed by atoms with Gasteiger partial charge in [0.25, 0.3) is 0 Å². The van der Waals surface area contributed by atoms with Crippen LogP contribution < -0.4 is 0 Å². The Morgan fingerprint density at radius 2 is 2.13 bits per heavy atom. The van der Waals surface area contributed by atoms with E-state index in [1.54, 1.807) is 0 Å². The number of aromatic nitrogens is 2. The van der Waals surface area contributed by atoms with Crippen molar-refractivity contribution < 1.29 is 4.74 Å². The highest BCUT2D eigenvalue weighted by Gasteiger charge is 2.06. The maximum absolute atomic E-state index is 5.70. The summed E-state index contributed by atoms with van der Waals surface area (Å²) in [4.78, 5) is 0. The third-order valence-electron chi connectivity index (χ3n) is 2.43. The summed E-state index contributed by atoms with van der Waals surface area (Å²) in [6, 6.07) is 2.03. The van der Waals surface area contributed by atoms with Gasteiger partial charge in [-0.05, 0) is 25.3 Å². The Kier molecular flexibility index (Phi) is 4.82. The van der Waals surface area contributed by atoms with Crippen molar-refractivity contribution in [1.82, 2.24) is 9.78 Å². The Balaban J connectivity index is 2.49. The number of hydrogen-bond donors (Lipinski definition) is 0. The summed E-state index contributed by atoms with van der Waals surface area (Å²) < 4.78 is 7.73. The predicted octanol–water partition coefficient (Wildman–Crippen LogP) is 2.85. The van der Waals surface area contributed by atoms with Gasteiger partial charge < -0.3 is 4.74 Å². The van der Waals surface area contributed by atoms with E-state index in [0.717, 1.165) is 13.0 Å². The van der Waals surface area contributed by atoms with Crippen molar-refractivity contribution in [2.75, 3.05) is 0 Å². The van der Waals surface area contributed by atoms with Crippen molar-refractivity contribution in [3.63, 3.8) is 0 Å². The molecule has 0 fully saturated rings. The van der Waals surface area contributed by atoms with E-state index in [0.29, 0.717) is 18.6 Å². The standard InChI is InChI=1S/C12H22N2O/c1-5-11(4)15-9-12-6-7-13-14(12)8-10(2)3/h6-7,10-11H,5,8-9H2,1-4H3. The average Bonchev–Trinajstić information content (AvgIpc) is 2.61. The lowest BCUT2D eigenvalue weighted by atomic mass is 10.2. The van der Waals surface area contributed by atoms with Gasteiger partial charge in [-0.1, -0.05) is 20.8 Å². The number of ether oxygens (including phenoxy) is 1. The normalized spacial score (nSPS) is 13.4. The summed E-state index contributed by atoms with van der Waals surface area (Å²) in [6.07, 6.45) is 3.23. The Morgan fingerprint density at radius 1 is 1.40 bits per heavy atom. The zero-order valence-electron chi connectivity index (χ0n) is 10.2. The van der Waals surface area contributed by atoms with Crippen molar-refractivity contribution in [1.29, 1.82) is 0 Å². The second kappa shape index (κ2) is 5.91. The Bertz CT molecular complexity index is 281. The summed E-state index contributed by atoms with van der Waals surface area (Å²) in [5.41, 5.74) is 1.17. The first-order valence-corrected chi connectivity index (χ1v) is 5.75. The fourth-order valence-electron chi connectivity index (χ4n) is 1.34. The van der Waals surface area contributed by atoms with Gasteiger partial charge in [-0.2, -0.15) is 5.10 Å². The van der Waals surface area contributed by atoms with E-state index in [1.165, 1.54) is 5.69 Å². The molecule has 3 heteroatoms. The van der Waals surface area contributed by atoms with Gasteiger partial charge in [0.15, 0.2) is 0 Å². The molecule has 0 spiro atoms. The molecule has 15 heavy (non-hydrogen) atoms. The lowest BCUT2D eigenvalue weighted by Crippen LogP contribution is -2.13. The molecule has 0 N–H and O–H groups in total. The predicted molar refractivity (Wildman–Crippen MR) is 61.6 cm³/mol. The number of rotatable bonds is 6. The van der Waals surface area contributed by atoms with Crippen molar-refractivity contribution in [2.24, 2.45) is 5.92 Å². The molecule has 1 atom stereocenters. The smallest absolute Gasteiger partial charge is 0.0888 e. The third-order valence-corrected chi connectivity index (χ3v) is 2.43. The molecule has 0 bridgehead atoms. The maximum Gasteiger partial charge on any atom is 0.0888 e. The summed E-state index contributed by atoms with van der Waals surface area (Å²) in [5, 5.41) is 4.30. The average molecular weight is 210 g/mol. The van der Waals surface area contributed by atoms with Gasteiger partial charge in [0.2, 0.25) is 0 Å². The van der Waals surface area contributed by atoms with Crippen molar-refractivity contribution in [3.05, 3.63) is 18.0 Å². The Hall–Kier alpha value is -0.830. The second-order valence-corrected chi connectivity index (χ2v) is 4.43. The molecular formula is C12H22N2O. The maximum atomic E-state index is 5.70. The van der Waals surface area contributed by atoms with Crippen LogP contribution in [0.4, 0.5) is 0 Å². The van der Waals surface area contributed by atoms with E-state index in [1.807, 2.05) is 16.9 Å². The van der Waals surface area contributed by atoms with E-state index >= 15 is 0 Å². The fraction of sp³-hybridized carbons (Fsp3) is 0.750. The van der Waals surface area contributed by atoms with Gasteiger partial charge in [-0.25, -0.2) is 0 Å². The third kappa shape index (κ3) is 4.04. The molecule has 0 aliphatic heterocycles. The molecule has 1 aromatic rings. The van der Waals surface area contributed by atoms with Crippen LogP contribution in [0.3, 0.4) is 0 Å². The lowest BCUT2D eigenvalue weighted by Gasteiger charge is -2.13. The molecule has 0 amide bonds. The minimum atomic E-state index is 0.326. The largest absolute Gasteiger partial charge is 0.372 e. The molecule has 0 saturated carbocycles. The van der Waals surface area contributed by atoms with Crippen LogP contribution in [-0.2, 0) is 17.9 Å². The first-order valence-electron chi connectivity index (χ1n) is 5.75. The molecule has 0 saturated heterocycles. The van der Waals surface area contributed by atoms with Gasteiger partial charge in [-0.15, -0.1) is 0 Å². The van der Waals surface area contributed by atoms with Crippen LogP contribution in [0.5, 0.6) is 0 Å². The van der Waals surface area contributed by atoms with Gasteiger partial charge >= 0.3 is 0 Å². The van der Waals surface area contributed by atoms with Gasteiger partial charge in [0, 0.05) is 12.7 Å². The van der Waals surface area contributed by atoms with Crippen molar-refractivity contribution in [3.8, 4) is 0 Å². The van der Waals surface area contributed by atoms with E-state index in [9.17, 15) is 0 Å². The SMILES string of the molecule is CCC(C)OCc1ccnn1CC(C)C. The first kappa shape index (κ1) is 12.2. The molecule has 0 aromatic carbocycles. The van der Waals surface area contributed by atoms with Gasteiger partial charge in [0.1, 0.15) is 0 Å². The topological polar surface area (TPSA) is 27.1 Å². The van der Waals surface area contributed by atoms with E-state index in [-0.39, 0.29) is 0 Å². The van der Waals surface area contributed by atoms with Gasteiger partial charge in [0.05, 0.1) is 18.4 Å². The van der Waals surface area contributed by atoms with Crippen LogP contribution in [0.15, 0.2) is 12.3 Å². The molecule has 1 heterocycles. The second-order valence-electron chi connectivity index (χ2n) is 4.43. The quantitative estimate of drug-likeness (QED) is 0.722. The Morgan fingerprint density at radius 3 is 2.73 bits per heavy atom. The van der Waals surface area contributed by atoms with Crippen LogP contribution in [0.25, 0.3) is 0 Å². The summed E-state index contributed by atoms with van der Waals surface area (Å²) in [7, 11) is 0. The van der Waals surface area contributed by atoms with Crippen LogP contribution in [0.2, 0.25) is 0 Å². The summed E-state index contributed by atoms with van der Waals surface area (Å²) in [6.45, 7) is 10.3. The number of nitrogens with zero attached hydrogens (tertiary/aromatic N) is 2. The van der Waals surface area contributed by atoms with Crippen molar-refractivity contribution >= 4 is 0 Å². The monoisotopic (exact) mass is 210 g/mol. The van der Waals surface area contributed by atoms with Gasteiger partial charge in [-0.3, -0.25) is 4.68 Å². The van der Waals surface area contributed by atoms with E-state index in [2.05, 4.69) is 32.8 Å². The molecule has 1 aromatic heterocycles. The minimum Gasteiger partial charge on any atom is -0.372 e. The zero-order valence-corrected chi connectivity index (χ0v) is 10.2. The highest BCUT2D eigenvalue weighted by molar-refractivity contribution is 4.98. The molecule has 0 aliphatic carbocycles. The van der Waals surface area contributed by atoms with Crippen LogP contribution in [-0.4, -0.2) is 15.9 Å². The molecule has 1 rings (SSSR count). The zero-order chi connectivity index (χ0) is 11.3. The summed E-state index contributed by atoms with van der Waals surface area (Å²) >= 11 is 0. The molecule has 0 radical (unpaired) electrons. The van der Waals surface area contributed by atoms with Crippen LogP contribution in [0.1, 0.15) is 39.8 Å². The first-order chi connectivity index (χ1) is 7.13. The molecule has 0 aliphatic rings. The number of hydrogen-bond acceptors (Lipinski definition) is 2.